The Morgan fingerprint density at radius 3 is 2.12 bits per heavy atom. The maximum absolute atomic E-state index is 12.9. The highest BCUT2D eigenvalue weighted by atomic mass is 16.5. The third-order valence-electron chi connectivity index (χ3n) is 5.05. The van der Waals surface area contributed by atoms with E-state index in [1.165, 1.54) is 0 Å². The molecule has 0 amide bonds. The molecule has 0 N–H and O–H groups in total. The van der Waals surface area contributed by atoms with Gasteiger partial charge in [-0.15, -0.1) is 0 Å². The van der Waals surface area contributed by atoms with E-state index in [9.17, 15) is 4.79 Å². The summed E-state index contributed by atoms with van der Waals surface area (Å²) in [6.07, 6.45) is 2.58. The molecule has 2 heterocycles. The van der Waals surface area contributed by atoms with Gasteiger partial charge in [0.1, 0.15) is 0 Å². The van der Waals surface area contributed by atoms with Gasteiger partial charge in [0.15, 0.2) is 0 Å². The fraction of sp³-hybridized carbons (Fsp3) is 0.381. The summed E-state index contributed by atoms with van der Waals surface area (Å²) in [5.41, 5.74) is 2.03. The normalized spacial score (nSPS) is 15.8. The number of aromatic nitrogens is 1. The average Bonchev–Trinajstić information content (AvgIpc) is 3.01. The molecule has 1 fully saturated rings. The van der Waals surface area contributed by atoms with E-state index in [2.05, 4.69) is 17.0 Å². The molecule has 3 aromatic rings. The number of carbonyl (C=O) groups is 1. The predicted octanol–water partition coefficient (Wildman–Crippen LogP) is 3.94. The Kier molecular flexibility index (Phi) is 4.81. The van der Waals surface area contributed by atoms with Crippen LogP contribution in [-0.4, -0.2) is 48.2 Å². The maximum atomic E-state index is 12.9. The van der Waals surface area contributed by atoms with Crippen molar-refractivity contribution in [3.05, 3.63) is 48.5 Å². The van der Waals surface area contributed by atoms with Crippen LogP contribution >= 0.6 is 0 Å². The van der Waals surface area contributed by atoms with Crippen LogP contribution in [0.3, 0.4) is 0 Å². The number of para-hydroxylation sites is 2. The third kappa shape index (κ3) is 3.32. The number of morpholine rings is 1. The Bertz CT molecular complexity index is 825. The zero-order valence-electron chi connectivity index (χ0n) is 14.5. The second-order valence-electron chi connectivity index (χ2n) is 6.67. The highest BCUT2D eigenvalue weighted by Crippen LogP contribution is 2.29. The molecule has 1 aromatic heterocycles. The van der Waals surface area contributed by atoms with Crippen LogP contribution in [0.1, 0.15) is 24.1 Å². The standard InChI is InChI=1S/C21H24N2O2/c24-21(11-5-6-12-22-13-15-25-16-14-22)23-19-9-3-1-7-17(19)18-8-2-4-10-20(18)23/h1-4,7-10H,5-6,11-16H2. The van der Waals surface area contributed by atoms with Crippen LogP contribution in [0.25, 0.3) is 21.8 Å². The summed E-state index contributed by atoms with van der Waals surface area (Å²) in [6.45, 7) is 4.76. The molecule has 4 nitrogen and oxygen atoms in total. The van der Waals surface area contributed by atoms with Crippen LogP contribution < -0.4 is 0 Å². The first-order chi connectivity index (χ1) is 12.3. The van der Waals surface area contributed by atoms with E-state index in [1.54, 1.807) is 0 Å². The number of hydrogen-bond acceptors (Lipinski definition) is 3. The second-order valence-corrected chi connectivity index (χ2v) is 6.67. The highest BCUT2D eigenvalue weighted by molar-refractivity contribution is 6.13. The van der Waals surface area contributed by atoms with Crippen molar-refractivity contribution in [1.29, 1.82) is 0 Å². The molecule has 1 aliphatic rings. The minimum Gasteiger partial charge on any atom is -0.379 e. The fourth-order valence-electron chi connectivity index (χ4n) is 3.74. The summed E-state index contributed by atoms with van der Waals surface area (Å²) in [5.74, 6) is 0.194. The number of unbranched alkanes of at least 4 members (excludes halogenated alkanes) is 1. The Labute approximate surface area is 148 Å². The van der Waals surface area contributed by atoms with Crippen molar-refractivity contribution in [2.75, 3.05) is 32.8 Å². The van der Waals surface area contributed by atoms with Gasteiger partial charge >= 0.3 is 0 Å². The molecule has 4 rings (SSSR count). The largest absolute Gasteiger partial charge is 0.379 e. The first-order valence-electron chi connectivity index (χ1n) is 9.16. The van der Waals surface area contributed by atoms with Crippen LogP contribution in [0.4, 0.5) is 0 Å². The summed E-state index contributed by atoms with van der Waals surface area (Å²) in [5, 5.41) is 2.31. The smallest absolute Gasteiger partial charge is 0.231 e. The molecule has 0 atom stereocenters. The van der Waals surface area contributed by atoms with E-state index in [1.807, 2.05) is 41.0 Å². The molecule has 0 saturated carbocycles. The highest BCUT2D eigenvalue weighted by Gasteiger charge is 2.15. The lowest BCUT2D eigenvalue weighted by Gasteiger charge is -2.26. The molecule has 1 aliphatic heterocycles. The van der Waals surface area contributed by atoms with E-state index in [4.69, 9.17) is 4.74 Å². The van der Waals surface area contributed by atoms with Crippen molar-refractivity contribution in [3.63, 3.8) is 0 Å². The van der Waals surface area contributed by atoms with Gasteiger partial charge in [-0.25, -0.2) is 0 Å². The summed E-state index contributed by atoms with van der Waals surface area (Å²) in [6, 6.07) is 16.4. The lowest BCUT2D eigenvalue weighted by Crippen LogP contribution is -2.36. The second kappa shape index (κ2) is 7.38. The molecular formula is C21H24N2O2. The van der Waals surface area contributed by atoms with Crippen LogP contribution in [0.5, 0.6) is 0 Å². The monoisotopic (exact) mass is 336 g/mol. The summed E-state index contributed by atoms with van der Waals surface area (Å²) in [4.78, 5) is 15.3. The fourth-order valence-corrected chi connectivity index (χ4v) is 3.74. The molecule has 0 radical (unpaired) electrons. The van der Waals surface area contributed by atoms with E-state index < -0.39 is 0 Å². The van der Waals surface area contributed by atoms with Crippen molar-refractivity contribution in [1.82, 2.24) is 9.47 Å². The van der Waals surface area contributed by atoms with E-state index in [-0.39, 0.29) is 5.91 Å². The van der Waals surface area contributed by atoms with Crippen LogP contribution in [0.2, 0.25) is 0 Å². The zero-order valence-corrected chi connectivity index (χ0v) is 14.5. The van der Waals surface area contributed by atoms with Crippen molar-refractivity contribution >= 4 is 27.7 Å². The number of benzene rings is 2. The average molecular weight is 336 g/mol. The van der Waals surface area contributed by atoms with Crippen LogP contribution in [0.15, 0.2) is 48.5 Å². The minimum atomic E-state index is 0.194. The molecule has 0 aliphatic carbocycles. The molecule has 2 aromatic carbocycles. The lowest BCUT2D eigenvalue weighted by atomic mass is 10.2. The van der Waals surface area contributed by atoms with E-state index in [0.29, 0.717) is 6.42 Å². The Morgan fingerprint density at radius 1 is 0.880 bits per heavy atom. The topological polar surface area (TPSA) is 34.5 Å². The van der Waals surface area contributed by atoms with Gasteiger partial charge in [0.05, 0.1) is 24.2 Å². The Hall–Kier alpha value is -2.17. The van der Waals surface area contributed by atoms with Crippen LogP contribution in [-0.2, 0) is 4.74 Å². The van der Waals surface area contributed by atoms with Gasteiger partial charge in [0.2, 0.25) is 5.91 Å². The molecule has 25 heavy (non-hydrogen) atoms. The molecule has 1 saturated heterocycles. The Balaban J connectivity index is 1.47. The molecule has 130 valence electrons. The van der Waals surface area contributed by atoms with E-state index >= 15 is 0 Å². The van der Waals surface area contributed by atoms with Gasteiger partial charge in [-0.05, 0) is 31.5 Å². The van der Waals surface area contributed by atoms with Gasteiger partial charge in [0, 0.05) is 30.3 Å². The number of hydrogen-bond donors (Lipinski definition) is 0. The molecule has 0 bridgehead atoms. The van der Waals surface area contributed by atoms with Gasteiger partial charge in [0.25, 0.3) is 0 Å². The minimum absolute atomic E-state index is 0.194. The molecular weight excluding hydrogens is 312 g/mol. The predicted molar refractivity (Wildman–Crippen MR) is 101 cm³/mol. The number of nitrogens with zero attached hydrogens (tertiary/aromatic N) is 2. The number of fused-ring (bicyclic) bond motifs is 3. The third-order valence-corrected chi connectivity index (χ3v) is 5.05. The summed E-state index contributed by atoms with van der Waals surface area (Å²) in [7, 11) is 0. The van der Waals surface area contributed by atoms with Crippen LogP contribution in [0, 0.1) is 0 Å². The summed E-state index contributed by atoms with van der Waals surface area (Å²) >= 11 is 0. The number of ether oxygens (including phenoxy) is 1. The van der Waals surface area contributed by atoms with Gasteiger partial charge < -0.3 is 4.74 Å². The van der Waals surface area contributed by atoms with E-state index in [0.717, 1.165) is 67.5 Å². The first kappa shape index (κ1) is 16.3. The Morgan fingerprint density at radius 2 is 1.48 bits per heavy atom. The zero-order chi connectivity index (χ0) is 17.1. The number of carbonyl (C=O) groups excluding carboxylic acids is 1. The van der Waals surface area contributed by atoms with Gasteiger partial charge in [-0.1, -0.05) is 36.4 Å². The molecule has 0 unspecified atom stereocenters. The molecule has 0 spiro atoms. The number of rotatable bonds is 5. The van der Waals surface area contributed by atoms with Crippen molar-refractivity contribution in [2.45, 2.75) is 19.3 Å². The van der Waals surface area contributed by atoms with Gasteiger partial charge in [-0.3, -0.25) is 14.3 Å². The quantitative estimate of drug-likeness (QED) is 0.662. The lowest BCUT2D eigenvalue weighted by molar-refractivity contribution is 0.0370. The van der Waals surface area contributed by atoms with Gasteiger partial charge in [-0.2, -0.15) is 0 Å². The first-order valence-corrected chi connectivity index (χ1v) is 9.16. The maximum Gasteiger partial charge on any atom is 0.231 e. The summed E-state index contributed by atoms with van der Waals surface area (Å²) < 4.78 is 7.28. The van der Waals surface area contributed by atoms with Crippen molar-refractivity contribution < 1.29 is 9.53 Å². The SMILES string of the molecule is O=C(CCCCN1CCOCC1)n1c2ccccc2c2ccccc21. The van der Waals surface area contributed by atoms with Crippen molar-refractivity contribution in [3.8, 4) is 0 Å². The molecule has 4 heteroatoms. The van der Waals surface area contributed by atoms with Crippen molar-refractivity contribution in [2.24, 2.45) is 0 Å².